The summed E-state index contributed by atoms with van der Waals surface area (Å²) in [6.07, 6.45) is 1.34. The number of halogens is 3. The lowest BCUT2D eigenvalue weighted by atomic mass is 9.92. The van der Waals surface area contributed by atoms with Crippen LogP contribution in [-0.2, 0) is 16.0 Å². The summed E-state index contributed by atoms with van der Waals surface area (Å²) in [5, 5.41) is 3.57. The molecule has 1 heterocycles. The first-order valence-corrected chi connectivity index (χ1v) is 7.55. The molecule has 1 amide bonds. The van der Waals surface area contributed by atoms with E-state index in [0.29, 0.717) is 18.5 Å². The van der Waals surface area contributed by atoms with Crippen LogP contribution in [-0.4, -0.2) is 30.0 Å². The minimum absolute atomic E-state index is 0.0955. The van der Waals surface area contributed by atoms with Gasteiger partial charge >= 0.3 is 0 Å². The molecule has 1 aromatic carbocycles. The first-order chi connectivity index (χ1) is 9.54. The van der Waals surface area contributed by atoms with Gasteiger partial charge in [0.15, 0.2) is 0 Å². The van der Waals surface area contributed by atoms with Crippen molar-refractivity contribution < 1.29 is 18.3 Å². The summed E-state index contributed by atoms with van der Waals surface area (Å²) in [5.74, 6) is -1.61. The number of ether oxygens (including phenoxy) is 1. The summed E-state index contributed by atoms with van der Waals surface area (Å²) < 4.78 is 31.6. The molecule has 0 aromatic heterocycles. The molecule has 6 heteroatoms. The van der Waals surface area contributed by atoms with E-state index in [2.05, 4.69) is 21.2 Å². The molecule has 0 bridgehead atoms. The predicted octanol–water partition coefficient (Wildman–Crippen LogP) is 2.57. The number of nitrogens with one attached hydrogen (secondary N) is 1. The number of benzene rings is 1. The number of amides is 1. The fourth-order valence-corrected chi connectivity index (χ4v) is 2.93. The first kappa shape index (κ1) is 15.4. The Balaban J connectivity index is 2.00. The summed E-state index contributed by atoms with van der Waals surface area (Å²) in [6.45, 7) is 1.19. The van der Waals surface area contributed by atoms with E-state index in [4.69, 9.17) is 4.74 Å². The van der Waals surface area contributed by atoms with E-state index in [9.17, 15) is 13.6 Å². The molecule has 0 atom stereocenters. The van der Waals surface area contributed by atoms with Crippen molar-refractivity contribution in [1.82, 2.24) is 5.32 Å². The monoisotopic (exact) mass is 347 g/mol. The standard InChI is InChI=1S/C14H16BrF2NO2/c15-9-14(3-5-20-6-4-14)18-13(19)7-10-1-2-11(16)8-12(10)17/h1-2,8H,3-7,9H2,(H,18,19). The smallest absolute Gasteiger partial charge is 0.224 e. The van der Waals surface area contributed by atoms with E-state index in [1.165, 1.54) is 6.07 Å². The minimum atomic E-state index is -0.694. The summed E-state index contributed by atoms with van der Waals surface area (Å²) in [7, 11) is 0. The van der Waals surface area contributed by atoms with Gasteiger partial charge in [0, 0.05) is 24.6 Å². The Morgan fingerprint density at radius 1 is 1.35 bits per heavy atom. The summed E-state index contributed by atoms with van der Waals surface area (Å²) in [5.41, 5.74) is -0.146. The van der Waals surface area contributed by atoms with Crippen LogP contribution in [0.1, 0.15) is 18.4 Å². The Bertz CT molecular complexity index is 490. The van der Waals surface area contributed by atoms with Gasteiger partial charge in [-0.05, 0) is 24.5 Å². The van der Waals surface area contributed by atoms with Crippen LogP contribution in [0, 0.1) is 11.6 Å². The van der Waals surface area contributed by atoms with Crippen molar-refractivity contribution in [3.63, 3.8) is 0 Å². The van der Waals surface area contributed by atoms with Crippen LogP contribution in [0.3, 0.4) is 0 Å². The molecule has 20 heavy (non-hydrogen) atoms. The zero-order valence-electron chi connectivity index (χ0n) is 10.9. The Morgan fingerprint density at radius 2 is 2.05 bits per heavy atom. The lowest BCUT2D eigenvalue weighted by Crippen LogP contribution is -2.53. The molecule has 0 saturated carbocycles. The van der Waals surface area contributed by atoms with E-state index in [-0.39, 0.29) is 23.4 Å². The second-order valence-corrected chi connectivity index (χ2v) is 5.55. The lowest BCUT2D eigenvalue weighted by Gasteiger charge is -2.36. The second-order valence-electron chi connectivity index (χ2n) is 4.99. The summed E-state index contributed by atoms with van der Waals surface area (Å²) in [6, 6.07) is 3.24. The first-order valence-electron chi connectivity index (χ1n) is 6.43. The molecule has 0 unspecified atom stereocenters. The molecule has 2 rings (SSSR count). The van der Waals surface area contributed by atoms with Gasteiger partial charge in [0.2, 0.25) is 5.91 Å². The third-order valence-electron chi connectivity index (χ3n) is 3.48. The van der Waals surface area contributed by atoms with Gasteiger partial charge in [-0.1, -0.05) is 22.0 Å². The number of hydrogen-bond donors (Lipinski definition) is 1. The number of rotatable bonds is 4. The average Bonchev–Trinajstić information content (AvgIpc) is 2.43. The van der Waals surface area contributed by atoms with Crippen molar-refractivity contribution in [2.75, 3.05) is 18.5 Å². The number of carbonyl (C=O) groups excluding carboxylic acids is 1. The molecule has 1 fully saturated rings. The van der Waals surface area contributed by atoms with Crippen LogP contribution in [0.5, 0.6) is 0 Å². The molecule has 3 nitrogen and oxygen atoms in total. The maximum absolute atomic E-state index is 13.5. The maximum Gasteiger partial charge on any atom is 0.224 e. The fourth-order valence-electron chi connectivity index (χ4n) is 2.23. The molecule has 1 saturated heterocycles. The third-order valence-corrected chi connectivity index (χ3v) is 4.55. The van der Waals surface area contributed by atoms with Gasteiger partial charge in [-0.3, -0.25) is 4.79 Å². The van der Waals surface area contributed by atoms with Gasteiger partial charge in [0.1, 0.15) is 11.6 Å². The van der Waals surface area contributed by atoms with E-state index in [1.807, 2.05) is 0 Å². The van der Waals surface area contributed by atoms with Crippen molar-refractivity contribution >= 4 is 21.8 Å². The predicted molar refractivity (Wildman–Crippen MR) is 74.8 cm³/mol. The van der Waals surface area contributed by atoms with Crippen molar-refractivity contribution in [3.05, 3.63) is 35.4 Å². The van der Waals surface area contributed by atoms with E-state index in [0.717, 1.165) is 25.0 Å². The van der Waals surface area contributed by atoms with Crippen LogP contribution in [0.2, 0.25) is 0 Å². The third kappa shape index (κ3) is 3.76. The molecule has 110 valence electrons. The minimum Gasteiger partial charge on any atom is -0.381 e. The molecule has 0 aliphatic carbocycles. The van der Waals surface area contributed by atoms with Crippen LogP contribution in [0.25, 0.3) is 0 Å². The van der Waals surface area contributed by atoms with Crippen LogP contribution >= 0.6 is 15.9 Å². The number of alkyl halides is 1. The van der Waals surface area contributed by atoms with Crippen molar-refractivity contribution in [3.8, 4) is 0 Å². The molecule has 1 N–H and O–H groups in total. The van der Waals surface area contributed by atoms with Gasteiger partial charge in [0.25, 0.3) is 0 Å². The molecule has 0 spiro atoms. The quantitative estimate of drug-likeness (QED) is 0.850. The molecule has 1 aromatic rings. The van der Waals surface area contributed by atoms with E-state index < -0.39 is 11.6 Å². The van der Waals surface area contributed by atoms with Crippen LogP contribution < -0.4 is 5.32 Å². The molecular weight excluding hydrogens is 332 g/mol. The van der Waals surface area contributed by atoms with E-state index >= 15 is 0 Å². The van der Waals surface area contributed by atoms with Gasteiger partial charge in [0.05, 0.1) is 12.0 Å². The summed E-state index contributed by atoms with van der Waals surface area (Å²) in [4.78, 5) is 12.0. The summed E-state index contributed by atoms with van der Waals surface area (Å²) >= 11 is 3.41. The molecule has 1 aliphatic heterocycles. The zero-order chi connectivity index (χ0) is 14.6. The maximum atomic E-state index is 13.5. The Kier molecular flexibility index (Phi) is 5.10. The Morgan fingerprint density at radius 3 is 2.65 bits per heavy atom. The second kappa shape index (κ2) is 6.63. The van der Waals surface area contributed by atoms with E-state index in [1.54, 1.807) is 0 Å². The number of hydrogen-bond acceptors (Lipinski definition) is 2. The van der Waals surface area contributed by atoms with Gasteiger partial charge < -0.3 is 10.1 Å². The van der Waals surface area contributed by atoms with Crippen molar-refractivity contribution in [1.29, 1.82) is 0 Å². The highest BCUT2D eigenvalue weighted by Gasteiger charge is 2.33. The highest BCUT2D eigenvalue weighted by atomic mass is 79.9. The van der Waals surface area contributed by atoms with Crippen molar-refractivity contribution in [2.45, 2.75) is 24.8 Å². The number of carbonyl (C=O) groups is 1. The highest BCUT2D eigenvalue weighted by molar-refractivity contribution is 9.09. The SMILES string of the molecule is O=C(Cc1ccc(F)cc1F)NC1(CBr)CCOCC1. The molecular formula is C14H16BrF2NO2. The fraction of sp³-hybridized carbons (Fsp3) is 0.500. The topological polar surface area (TPSA) is 38.3 Å². The lowest BCUT2D eigenvalue weighted by molar-refractivity contribution is -0.123. The van der Waals surface area contributed by atoms with Crippen molar-refractivity contribution in [2.24, 2.45) is 0 Å². The highest BCUT2D eigenvalue weighted by Crippen LogP contribution is 2.23. The Hall–Kier alpha value is -1.01. The largest absolute Gasteiger partial charge is 0.381 e. The van der Waals surface area contributed by atoms with Gasteiger partial charge in [-0.2, -0.15) is 0 Å². The van der Waals surface area contributed by atoms with Crippen LogP contribution in [0.15, 0.2) is 18.2 Å². The average molecular weight is 348 g/mol. The Labute approximate surface area is 124 Å². The van der Waals surface area contributed by atoms with Crippen LogP contribution in [0.4, 0.5) is 8.78 Å². The zero-order valence-corrected chi connectivity index (χ0v) is 12.5. The van der Waals surface area contributed by atoms with Gasteiger partial charge in [-0.25, -0.2) is 8.78 Å². The van der Waals surface area contributed by atoms with Gasteiger partial charge in [-0.15, -0.1) is 0 Å². The normalized spacial score (nSPS) is 17.8. The molecule has 1 aliphatic rings. The molecule has 0 radical (unpaired) electrons.